The molecule has 0 radical (unpaired) electrons. The maximum atomic E-state index is 10.1. The largest absolute Gasteiger partial charge is 0.870 e. The number of phenolic OH excluding ortho intramolecular Hbond substituents is 1. The highest BCUT2D eigenvalue weighted by molar-refractivity contribution is 5.73. The minimum atomic E-state index is -0.833. The van der Waals surface area contributed by atoms with Gasteiger partial charge in [-0.15, -0.1) is 0 Å². The van der Waals surface area contributed by atoms with E-state index < -0.39 is 25.5 Å². The highest BCUT2D eigenvalue weighted by atomic mass is 16.3. The number of aliphatic hydroxyl groups is 7. The van der Waals surface area contributed by atoms with E-state index in [1.165, 1.54) is 0 Å². The van der Waals surface area contributed by atoms with E-state index in [2.05, 4.69) is 57.3 Å². The lowest BCUT2D eigenvalue weighted by Crippen LogP contribution is -2.36. The van der Waals surface area contributed by atoms with Crippen LogP contribution in [-0.2, 0) is 27.6 Å². The number of carbonyl (C=O) groups is 5. The molecule has 0 aliphatic rings. The molecule has 63 heavy (non-hydrogen) atoms. The number of amides is 4. The second-order valence-corrected chi connectivity index (χ2v) is 8.70. The average Bonchev–Trinajstić information content (AvgIpc) is 3.21. The molecule has 360 valence electrons. The Bertz CT molecular complexity index is 1510. The first kappa shape index (κ1) is 72.6. The number of phenols is 2. The summed E-state index contributed by atoms with van der Waals surface area (Å²) in [5.41, 5.74) is 24.8. The molecule has 0 saturated carbocycles. The summed E-state index contributed by atoms with van der Waals surface area (Å²) in [6.07, 6.45) is 0. The molecular weight excluding hydrogens is 856 g/mol. The average molecular weight is 912 g/mol. The van der Waals surface area contributed by atoms with E-state index in [1.54, 1.807) is 42.5 Å². The fourth-order valence-corrected chi connectivity index (χ4v) is 2.79. The van der Waals surface area contributed by atoms with E-state index in [9.17, 15) is 9.90 Å². The summed E-state index contributed by atoms with van der Waals surface area (Å²) >= 11 is 0. The Labute approximate surface area is 357 Å². The summed E-state index contributed by atoms with van der Waals surface area (Å²) < 4.78 is 0. The van der Waals surface area contributed by atoms with Gasteiger partial charge in [-0.1, -0.05) is 36.4 Å². The van der Waals surface area contributed by atoms with Crippen LogP contribution in [0.25, 0.3) is 0 Å². The molecule has 0 atom stereocenters. The number of nitrogens with two attached hydrogens (primary N) is 5. The van der Waals surface area contributed by atoms with E-state index in [0.29, 0.717) is 16.9 Å². The Balaban J connectivity index is -0.0000000956. The summed E-state index contributed by atoms with van der Waals surface area (Å²) in [5.74, 6) is 0.804. The third-order valence-corrected chi connectivity index (χ3v) is 4.81. The van der Waals surface area contributed by atoms with Crippen LogP contribution in [0.15, 0.2) is 48.5 Å². The number of aliphatic hydroxyl groups excluding tert-OH is 7. The molecular formula is C30H55N16O17-3. The lowest BCUT2D eigenvalue weighted by atomic mass is 10.1. The number of primary amides is 2. The van der Waals surface area contributed by atoms with E-state index in [-0.39, 0.29) is 91.3 Å². The predicted octanol–water partition coefficient (Wildman–Crippen LogP) is -5.53. The molecule has 2 aromatic carbocycles. The molecule has 0 bridgehead atoms. The molecule has 33 nitrogen and oxygen atoms in total. The van der Waals surface area contributed by atoms with Crippen LogP contribution in [0, 0.1) is 0 Å². The second kappa shape index (κ2) is 52.0. The van der Waals surface area contributed by atoms with Crippen LogP contribution in [0.1, 0.15) is 11.1 Å². The smallest absolute Gasteiger partial charge is 0.318 e. The van der Waals surface area contributed by atoms with Gasteiger partial charge in [-0.05, 0) is 12.1 Å². The Hall–Kier alpha value is -7.99. The van der Waals surface area contributed by atoms with Crippen LogP contribution in [0.4, 0.5) is 45.3 Å². The Morgan fingerprint density at radius 1 is 0.492 bits per heavy atom. The minimum Gasteiger partial charge on any atom is -0.870 e. The number of hydrogen-bond acceptors (Lipinski definition) is 29. The zero-order valence-corrected chi connectivity index (χ0v) is 33.2. The second-order valence-electron chi connectivity index (χ2n) is 8.70. The standard InChI is InChI=1S/C8H10O3.C6H12N6O3.C6H6O.C3H6N6.C3H8N2O3.CH4N2O.3CH2O.3H2O/c9-4-6-2-1-3-7(5-10)8(6)11;13-1-7-4-10-5(8-2-14)12-6(11-4)9-3-15;7-6-4-2-1-3-5-6;4-1-7-2(5)9-3(6)8-1;6-1-4-3(8)5-2-7;2-1(3)4;3*1-2;;;/h1-3,9-11H,4-5H2;13-15H,1-3H2,(H3,7,8,9,10,11,12);1-5,7H;(H6,4,5,6,7,8,9);6-7H,1-2H2,(H2,4,5,8);(H4,2,3,4);3*1H2;3*1H2/p-3. The number of nitrogen functional groups attached to an aromatic ring is 3. The molecule has 0 aliphatic heterocycles. The molecule has 4 rings (SSSR count). The van der Waals surface area contributed by atoms with Gasteiger partial charge < -0.3 is 132 Å². The zero-order chi connectivity index (χ0) is 47.3. The molecule has 2 heterocycles. The van der Waals surface area contributed by atoms with Gasteiger partial charge in [-0.3, -0.25) is 0 Å². The van der Waals surface area contributed by atoms with Gasteiger partial charge >= 0.3 is 12.1 Å². The van der Waals surface area contributed by atoms with Gasteiger partial charge in [0.15, 0.2) is 0 Å². The van der Waals surface area contributed by atoms with Crippen LogP contribution in [0.5, 0.6) is 11.5 Å². The number of rotatable bonds is 10. The van der Waals surface area contributed by atoms with E-state index in [1.807, 2.05) is 37.1 Å². The van der Waals surface area contributed by atoms with Crippen molar-refractivity contribution < 1.29 is 86.4 Å². The Morgan fingerprint density at radius 2 is 0.778 bits per heavy atom. The van der Waals surface area contributed by atoms with Crippen LogP contribution in [0.3, 0.4) is 0 Å². The van der Waals surface area contributed by atoms with E-state index in [4.69, 9.17) is 77.2 Å². The highest BCUT2D eigenvalue weighted by Crippen LogP contribution is 2.21. The van der Waals surface area contributed by atoms with Gasteiger partial charge in [0.25, 0.3) is 0 Å². The molecule has 0 spiro atoms. The zero-order valence-electron chi connectivity index (χ0n) is 33.2. The molecule has 0 unspecified atom stereocenters. The summed E-state index contributed by atoms with van der Waals surface area (Å²) in [7, 11) is 0. The SMILES string of the molecule is C=O.C=O.C=O.NC(N)=O.Nc1nc(N)nc(N)n1.O=C(NCO)NCO.OCNc1nc(NCO)nc(NCO)n1.OCc1cccc(CO)c1O.Oc1ccccc1.[OH-].[OH-].[OH-]. The van der Waals surface area contributed by atoms with Crippen molar-refractivity contribution >= 4 is 68.1 Å². The van der Waals surface area contributed by atoms with Crippen LogP contribution >= 0.6 is 0 Å². The number of aromatic hydroxyl groups is 2. The number of hydrogen-bond donors (Lipinski definition) is 19. The van der Waals surface area contributed by atoms with Gasteiger partial charge in [-0.25, -0.2) is 9.59 Å². The van der Waals surface area contributed by atoms with Crippen LogP contribution in [0.2, 0.25) is 0 Å². The monoisotopic (exact) mass is 911 g/mol. The van der Waals surface area contributed by atoms with Gasteiger partial charge in [0.05, 0.1) is 13.2 Å². The molecule has 27 N–H and O–H groups in total. The molecule has 0 aliphatic carbocycles. The van der Waals surface area contributed by atoms with Crippen molar-refractivity contribution in [2.75, 3.05) is 66.8 Å². The summed E-state index contributed by atoms with van der Waals surface area (Å²) in [4.78, 5) is 65.0. The maximum Gasteiger partial charge on any atom is 0.318 e. The summed E-state index contributed by atoms with van der Waals surface area (Å²) in [5, 5.41) is 88.5. The highest BCUT2D eigenvalue weighted by Gasteiger charge is 2.05. The normalized spacial score (nSPS) is 7.98. The summed E-state index contributed by atoms with van der Waals surface area (Å²) in [6, 6.07) is 12.2. The van der Waals surface area contributed by atoms with Crippen molar-refractivity contribution in [1.82, 2.24) is 40.5 Å². The predicted molar refractivity (Wildman–Crippen MR) is 220 cm³/mol. The number of para-hydroxylation sites is 2. The molecule has 0 saturated heterocycles. The molecule has 33 heteroatoms. The third-order valence-electron chi connectivity index (χ3n) is 4.81. The van der Waals surface area contributed by atoms with Gasteiger partial charge in [0.2, 0.25) is 35.7 Å². The number of carbonyl (C=O) groups excluding carboxylic acids is 5. The number of nitrogens with zero attached hydrogens (tertiary/aromatic N) is 6. The van der Waals surface area contributed by atoms with E-state index >= 15 is 0 Å². The van der Waals surface area contributed by atoms with Crippen molar-refractivity contribution in [3.8, 4) is 11.5 Å². The maximum absolute atomic E-state index is 10.1. The van der Waals surface area contributed by atoms with Gasteiger partial charge in [0, 0.05) is 11.1 Å². The van der Waals surface area contributed by atoms with Crippen LogP contribution < -0.4 is 55.3 Å². The van der Waals surface area contributed by atoms with Gasteiger partial charge in [0.1, 0.15) is 65.5 Å². The topological polar surface area (TPSA) is 625 Å². The number of urea groups is 2. The third kappa shape index (κ3) is 45.0. The van der Waals surface area contributed by atoms with Crippen LogP contribution in [-0.4, -0.2) is 158 Å². The van der Waals surface area contributed by atoms with Crippen molar-refractivity contribution in [3.63, 3.8) is 0 Å². The van der Waals surface area contributed by atoms with Crippen molar-refractivity contribution in [2.45, 2.75) is 13.2 Å². The fourth-order valence-electron chi connectivity index (χ4n) is 2.79. The lowest BCUT2D eigenvalue weighted by molar-refractivity contribution is -0.0987. The quantitative estimate of drug-likeness (QED) is 0.0660. The summed E-state index contributed by atoms with van der Waals surface area (Å²) in [6.45, 7) is 3.74. The van der Waals surface area contributed by atoms with Gasteiger partial charge in [-0.2, -0.15) is 29.9 Å². The molecule has 2 aromatic heterocycles. The number of aromatic nitrogens is 6. The molecule has 4 amide bonds. The molecule has 0 fully saturated rings. The minimum absolute atomic E-state index is 0. The Kier molecular flexibility index (Phi) is 60.0. The first-order chi connectivity index (χ1) is 28.7. The number of nitrogens with one attached hydrogen (secondary N) is 5. The lowest BCUT2D eigenvalue weighted by Gasteiger charge is -2.07. The first-order valence-electron chi connectivity index (χ1n) is 15.4. The fraction of sp³-hybridized carbons (Fsp3) is 0.233. The molecule has 4 aromatic rings. The first-order valence-corrected chi connectivity index (χ1v) is 15.4. The van der Waals surface area contributed by atoms with Crippen molar-refractivity contribution in [2.24, 2.45) is 11.5 Å². The van der Waals surface area contributed by atoms with Crippen molar-refractivity contribution in [1.29, 1.82) is 0 Å². The number of benzene rings is 2. The Morgan fingerprint density at radius 3 is 0.984 bits per heavy atom. The van der Waals surface area contributed by atoms with E-state index in [0.717, 1.165) is 0 Å². The van der Waals surface area contributed by atoms with Crippen molar-refractivity contribution in [3.05, 3.63) is 59.7 Å². The number of anilines is 6.